The van der Waals surface area contributed by atoms with Crippen LogP contribution in [-0.2, 0) is 0 Å². The van der Waals surface area contributed by atoms with E-state index in [2.05, 4.69) is 28.7 Å². The van der Waals surface area contributed by atoms with Crippen molar-refractivity contribution in [1.29, 1.82) is 0 Å². The molecule has 0 spiro atoms. The molecule has 1 aliphatic rings. The third kappa shape index (κ3) is 4.30. The molecule has 148 valence electrons. The number of aromatic amines is 2. The minimum atomic E-state index is -0.0926. The molecule has 1 aliphatic heterocycles. The van der Waals surface area contributed by atoms with Crippen LogP contribution in [0.15, 0.2) is 47.4 Å². The monoisotopic (exact) mass is 379 g/mol. The zero-order valence-corrected chi connectivity index (χ0v) is 16.8. The van der Waals surface area contributed by atoms with Crippen molar-refractivity contribution in [1.82, 2.24) is 14.9 Å². The second kappa shape index (κ2) is 7.84. The topological polar surface area (TPSA) is 61.1 Å². The molecule has 1 fully saturated rings. The van der Waals surface area contributed by atoms with E-state index in [-0.39, 0.29) is 11.0 Å². The lowest BCUT2D eigenvalue weighted by atomic mass is 9.93. The Labute approximate surface area is 165 Å². The highest BCUT2D eigenvalue weighted by Crippen LogP contribution is 2.27. The standard InChI is InChI=1S/C23H29N3O2/c1-23(2,15-26-11-4-3-5-12-26)16-28-18-8-9-20-17(13-18)14-21(25-20)19-7-6-10-24-22(19)27/h6-10,13-14,25H,3-5,11-12,15-16H2,1-2H3,(H,24,27). The van der Waals surface area contributed by atoms with Gasteiger partial charge in [-0.15, -0.1) is 0 Å². The van der Waals surface area contributed by atoms with Crippen LogP contribution in [0, 0.1) is 5.41 Å². The molecule has 3 aromatic rings. The zero-order chi connectivity index (χ0) is 19.6. The van der Waals surface area contributed by atoms with E-state index in [1.54, 1.807) is 6.20 Å². The van der Waals surface area contributed by atoms with Crippen molar-refractivity contribution in [3.8, 4) is 17.0 Å². The molecule has 0 bridgehead atoms. The van der Waals surface area contributed by atoms with Gasteiger partial charge in [0.2, 0.25) is 0 Å². The first-order chi connectivity index (χ1) is 13.5. The second-order valence-corrected chi connectivity index (χ2v) is 8.63. The maximum atomic E-state index is 12.0. The van der Waals surface area contributed by atoms with Crippen molar-refractivity contribution in [3.63, 3.8) is 0 Å². The van der Waals surface area contributed by atoms with Gasteiger partial charge in [0.25, 0.3) is 5.56 Å². The summed E-state index contributed by atoms with van der Waals surface area (Å²) >= 11 is 0. The maximum absolute atomic E-state index is 12.0. The molecule has 5 heteroatoms. The van der Waals surface area contributed by atoms with E-state index < -0.39 is 0 Å². The van der Waals surface area contributed by atoms with Crippen molar-refractivity contribution in [3.05, 3.63) is 52.9 Å². The summed E-state index contributed by atoms with van der Waals surface area (Å²) in [4.78, 5) is 20.6. The summed E-state index contributed by atoms with van der Waals surface area (Å²) in [6, 6.07) is 11.7. The van der Waals surface area contributed by atoms with E-state index in [4.69, 9.17) is 4.74 Å². The molecule has 0 amide bonds. The molecule has 4 rings (SSSR count). The number of H-pyrrole nitrogens is 2. The third-order valence-corrected chi connectivity index (χ3v) is 5.43. The summed E-state index contributed by atoms with van der Waals surface area (Å²) in [5, 5.41) is 1.05. The molecule has 0 radical (unpaired) electrons. The predicted molar refractivity (Wildman–Crippen MR) is 114 cm³/mol. The van der Waals surface area contributed by atoms with Crippen LogP contribution in [0.5, 0.6) is 5.75 Å². The highest BCUT2D eigenvalue weighted by Gasteiger charge is 2.24. The van der Waals surface area contributed by atoms with Gasteiger partial charge in [-0.2, -0.15) is 0 Å². The van der Waals surface area contributed by atoms with E-state index in [0.717, 1.165) is 28.9 Å². The van der Waals surface area contributed by atoms with Crippen molar-refractivity contribution >= 4 is 10.9 Å². The van der Waals surface area contributed by atoms with Crippen LogP contribution in [0.3, 0.4) is 0 Å². The Morgan fingerprint density at radius 3 is 2.71 bits per heavy atom. The third-order valence-electron chi connectivity index (χ3n) is 5.43. The lowest BCUT2D eigenvalue weighted by Gasteiger charge is -2.34. The van der Waals surface area contributed by atoms with Gasteiger partial charge < -0.3 is 19.6 Å². The molecule has 2 N–H and O–H groups in total. The molecule has 2 aromatic heterocycles. The van der Waals surface area contributed by atoms with E-state index in [1.165, 1.54) is 32.4 Å². The summed E-state index contributed by atoms with van der Waals surface area (Å²) < 4.78 is 6.15. The molecule has 0 aliphatic carbocycles. The molecule has 0 unspecified atom stereocenters. The van der Waals surface area contributed by atoms with Gasteiger partial charge in [-0.3, -0.25) is 4.79 Å². The summed E-state index contributed by atoms with van der Waals surface area (Å²) in [6.45, 7) is 8.72. The van der Waals surface area contributed by atoms with Crippen LogP contribution in [0.2, 0.25) is 0 Å². The van der Waals surface area contributed by atoms with Crippen LogP contribution < -0.4 is 10.3 Å². The van der Waals surface area contributed by atoms with Gasteiger partial charge in [0.05, 0.1) is 17.9 Å². The first-order valence-corrected chi connectivity index (χ1v) is 10.2. The highest BCUT2D eigenvalue weighted by molar-refractivity contribution is 5.86. The van der Waals surface area contributed by atoms with Crippen molar-refractivity contribution in [2.24, 2.45) is 5.41 Å². The Kier molecular flexibility index (Phi) is 5.27. The molecule has 3 heterocycles. The first kappa shape index (κ1) is 18.8. The summed E-state index contributed by atoms with van der Waals surface area (Å²) in [5.74, 6) is 0.867. The fourth-order valence-corrected chi connectivity index (χ4v) is 4.03. The number of nitrogens with one attached hydrogen (secondary N) is 2. The Bertz CT molecular complexity index is 996. The minimum Gasteiger partial charge on any atom is -0.493 e. The van der Waals surface area contributed by atoms with Gasteiger partial charge in [-0.25, -0.2) is 0 Å². The van der Waals surface area contributed by atoms with Crippen LogP contribution in [-0.4, -0.2) is 41.1 Å². The quantitative estimate of drug-likeness (QED) is 0.667. The number of likely N-dealkylation sites (tertiary alicyclic amines) is 1. The van der Waals surface area contributed by atoms with Gasteiger partial charge in [0.15, 0.2) is 0 Å². The first-order valence-electron chi connectivity index (χ1n) is 10.2. The van der Waals surface area contributed by atoms with Gasteiger partial charge in [0.1, 0.15) is 5.75 Å². The van der Waals surface area contributed by atoms with Crippen molar-refractivity contribution < 1.29 is 4.74 Å². The van der Waals surface area contributed by atoms with Gasteiger partial charge >= 0.3 is 0 Å². The van der Waals surface area contributed by atoms with Crippen LogP contribution in [0.25, 0.3) is 22.2 Å². The second-order valence-electron chi connectivity index (χ2n) is 8.63. The van der Waals surface area contributed by atoms with Gasteiger partial charge in [-0.05, 0) is 62.3 Å². The van der Waals surface area contributed by atoms with E-state index in [9.17, 15) is 4.79 Å². The average Bonchev–Trinajstić information content (AvgIpc) is 3.10. The highest BCUT2D eigenvalue weighted by atomic mass is 16.5. The zero-order valence-electron chi connectivity index (χ0n) is 16.8. The molecule has 1 aromatic carbocycles. The molecule has 0 saturated carbocycles. The van der Waals surface area contributed by atoms with E-state index >= 15 is 0 Å². The molecular formula is C23H29N3O2. The lowest BCUT2D eigenvalue weighted by Crippen LogP contribution is -2.40. The SMILES string of the molecule is CC(C)(COc1ccc2[nH]c(-c3ccc[nH]c3=O)cc2c1)CN1CCCCC1. The number of hydrogen-bond donors (Lipinski definition) is 2. The smallest absolute Gasteiger partial charge is 0.257 e. The van der Waals surface area contributed by atoms with Gasteiger partial charge in [-0.1, -0.05) is 20.3 Å². The number of benzene rings is 1. The number of nitrogens with zero attached hydrogens (tertiary/aromatic N) is 1. The van der Waals surface area contributed by atoms with E-state index in [1.807, 2.05) is 36.4 Å². The van der Waals surface area contributed by atoms with Crippen LogP contribution in [0.1, 0.15) is 33.1 Å². The number of rotatable bonds is 6. The Balaban J connectivity index is 1.46. The molecule has 0 atom stereocenters. The predicted octanol–water partition coefficient (Wildman–Crippen LogP) is 4.41. The largest absolute Gasteiger partial charge is 0.493 e. The molecule has 28 heavy (non-hydrogen) atoms. The summed E-state index contributed by atoms with van der Waals surface area (Å²) in [7, 11) is 0. The fraction of sp³-hybridized carbons (Fsp3) is 0.435. The number of aromatic nitrogens is 2. The Hall–Kier alpha value is -2.53. The van der Waals surface area contributed by atoms with Crippen LogP contribution in [0.4, 0.5) is 0 Å². The Morgan fingerprint density at radius 1 is 1.11 bits per heavy atom. The summed E-state index contributed by atoms with van der Waals surface area (Å²) in [5.41, 5.74) is 2.47. The lowest BCUT2D eigenvalue weighted by molar-refractivity contribution is 0.103. The number of hydrogen-bond acceptors (Lipinski definition) is 3. The maximum Gasteiger partial charge on any atom is 0.257 e. The molecular weight excluding hydrogens is 350 g/mol. The van der Waals surface area contributed by atoms with E-state index in [0.29, 0.717) is 12.2 Å². The fourth-order valence-electron chi connectivity index (χ4n) is 4.03. The summed E-state index contributed by atoms with van der Waals surface area (Å²) in [6.07, 6.45) is 5.63. The number of pyridine rings is 1. The Morgan fingerprint density at radius 2 is 1.93 bits per heavy atom. The number of piperidine rings is 1. The number of fused-ring (bicyclic) bond motifs is 1. The normalized spacial score (nSPS) is 15.8. The minimum absolute atomic E-state index is 0.0926. The van der Waals surface area contributed by atoms with Gasteiger partial charge in [0, 0.05) is 29.1 Å². The number of ether oxygens (including phenoxy) is 1. The van der Waals surface area contributed by atoms with Crippen molar-refractivity contribution in [2.75, 3.05) is 26.2 Å². The van der Waals surface area contributed by atoms with Crippen LogP contribution >= 0.6 is 0 Å². The molecule has 1 saturated heterocycles. The van der Waals surface area contributed by atoms with Crippen molar-refractivity contribution in [2.45, 2.75) is 33.1 Å². The molecule has 5 nitrogen and oxygen atoms in total. The average molecular weight is 380 g/mol.